The molecule has 1 amide bonds. The molecule has 0 aliphatic rings. The van der Waals surface area contributed by atoms with E-state index in [1.54, 1.807) is 29.1 Å². The number of carbonyl (C=O) groups excluding carboxylic acids is 1. The van der Waals surface area contributed by atoms with Crippen molar-refractivity contribution in [2.75, 3.05) is 0 Å². The molecule has 14 heavy (non-hydrogen) atoms. The fourth-order valence-corrected chi connectivity index (χ4v) is 0.964. The SMILES string of the molecule is NC(=O)C[n+]1cccc(C=NO)c1.[Cl-]. The number of hydrogen-bond donors (Lipinski definition) is 2. The fraction of sp³-hybridized carbons (Fsp3) is 0.125. The molecule has 0 spiro atoms. The summed E-state index contributed by atoms with van der Waals surface area (Å²) in [6, 6.07) is 3.48. The van der Waals surface area contributed by atoms with Gasteiger partial charge in [0.2, 0.25) is 6.54 Å². The third kappa shape index (κ3) is 3.86. The zero-order valence-electron chi connectivity index (χ0n) is 7.30. The Kier molecular flexibility index (Phi) is 5.24. The number of primary amides is 1. The van der Waals surface area contributed by atoms with E-state index in [-0.39, 0.29) is 19.0 Å². The molecule has 0 radical (unpaired) electrons. The lowest BCUT2D eigenvalue weighted by atomic mass is 10.3. The smallest absolute Gasteiger partial charge is 0.283 e. The number of rotatable bonds is 3. The minimum absolute atomic E-state index is 0. The molecule has 0 aromatic carbocycles. The van der Waals surface area contributed by atoms with Crippen LogP contribution in [0.15, 0.2) is 29.7 Å². The molecule has 0 saturated carbocycles. The lowest BCUT2D eigenvalue weighted by molar-refractivity contribution is -0.684. The third-order valence-electron chi connectivity index (χ3n) is 1.43. The predicted octanol–water partition coefficient (Wildman–Crippen LogP) is -3.73. The van der Waals surface area contributed by atoms with E-state index >= 15 is 0 Å². The molecule has 0 fully saturated rings. The second kappa shape index (κ2) is 5.93. The number of oxime groups is 1. The lowest BCUT2D eigenvalue weighted by Crippen LogP contribution is -3.00. The number of aromatic nitrogens is 1. The van der Waals surface area contributed by atoms with E-state index in [0.717, 1.165) is 0 Å². The van der Waals surface area contributed by atoms with Gasteiger partial charge < -0.3 is 23.3 Å². The van der Waals surface area contributed by atoms with Gasteiger partial charge in [-0.05, 0) is 6.07 Å². The summed E-state index contributed by atoms with van der Waals surface area (Å²) in [7, 11) is 0. The van der Waals surface area contributed by atoms with Crippen LogP contribution >= 0.6 is 0 Å². The van der Waals surface area contributed by atoms with Gasteiger partial charge in [0.25, 0.3) is 5.91 Å². The fourth-order valence-electron chi connectivity index (χ4n) is 0.964. The third-order valence-corrected chi connectivity index (χ3v) is 1.43. The summed E-state index contributed by atoms with van der Waals surface area (Å²) in [4.78, 5) is 10.6. The van der Waals surface area contributed by atoms with Crippen LogP contribution in [0, 0.1) is 0 Å². The summed E-state index contributed by atoms with van der Waals surface area (Å²) in [5.41, 5.74) is 5.71. The normalized spacial score (nSPS) is 9.71. The molecule has 1 rings (SSSR count). The van der Waals surface area contributed by atoms with Crippen LogP contribution in [0.25, 0.3) is 0 Å². The van der Waals surface area contributed by atoms with Crippen LogP contribution in [0.3, 0.4) is 0 Å². The van der Waals surface area contributed by atoms with Crippen LogP contribution in [-0.4, -0.2) is 17.3 Å². The van der Waals surface area contributed by atoms with Crippen molar-refractivity contribution < 1.29 is 27.0 Å². The molecule has 0 unspecified atom stereocenters. The van der Waals surface area contributed by atoms with Crippen molar-refractivity contribution in [2.24, 2.45) is 10.9 Å². The quantitative estimate of drug-likeness (QED) is 0.235. The standard InChI is InChI=1S/C8H9N3O2.ClH/c9-8(12)6-11-3-1-2-7(5-11)4-10-13;/h1-5H,6H2,(H2-,9,12,13);1H. The van der Waals surface area contributed by atoms with Crippen LogP contribution in [-0.2, 0) is 11.3 Å². The van der Waals surface area contributed by atoms with Gasteiger partial charge in [0.1, 0.15) is 0 Å². The van der Waals surface area contributed by atoms with E-state index in [0.29, 0.717) is 5.56 Å². The first-order chi connectivity index (χ1) is 6.22. The maximum atomic E-state index is 10.6. The van der Waals surface area contributed by atoms with E-state index in [4.69, 9.17) is 10.9 Å². The second-order valence-electron chi connectivity index (χ2n) is 2.52. The molecule has 1 aromatic rings. The number of nitrogens with zero attached hydrogens (tertiary/aromatic N) is 2. The van der Waals surface area contributed by atoms with Gasteiger partial charge in [0.05, 0.1) is 11.8 Å². The molecule has 0 atom stereocenters. The summed E-state index contributed by atoms with van der Waals surface area (Å²) < 4.78 is 1.61. The number of pyridine rings is 1. The second-order valence-corrected chi connectivity index (χ2v) is 2.52. The zero-order chi connectivity index (χ0) is 9.68. The van der Waals surface area contributed by atoms with Gasteiger partial charge in [-0.3, -0.25) is 4.79 Å². The summed E-state index contributed by atoms with van der Waals surface area (Å²) in [5, 5.41) is 11.1. The Morgan fingerprint density at radius 2 is 2.43 bits per heavy atom. The largest absolute Gasteiger partial charge is 1.00 e. The Hall–Kier alpha value is -1.62. The van der Waals surface area contributed by atoms with Crippen LogP contribution in [0.1, 0.15) is 5.56 Å². The maximum Gasteiger partial charge on any atom is 0.283 e. The van der Waals surface area contributed by atoms with Crippen LogP contribution in [0.4, 0.5) is 0 Å². The van der Waals surface area contributed by atoms with Crippen LogP contribution < -0.4 is 22.7 Å². The van der Waals surface area contributed by atoms with Gasteiger partial charge >= 0.3 is 0 Å². The highest BCUT2D eigenvalue weighted by atomic mass is 35.5. The van der Waals surface area contributed by atoms with Gasteiger partial charge in [0, 0.05) is 6.07 Å². The molecule has 1 heterocycles. The Morgan fingerprint density at radius 3 is 3.00 bits per heavy atom. The molecule has 0 bridgehead atoms. The molecule has 0 aliphatic heterocycles. The van der Waals surface area contributed by atoms with Crippen molar-refractivity contribution in [2.45, 2.75) is 6.54 Å². The topological polar surface area (TPSA) is 79.6 Å². The van der Waals surface area contributed by atoms with Crippen molar-refractivity contribution in [1.82, 2.24) is 0 Å². The predicted molar refractivity (Wildman–Crippen MR) is 45.2 cm³/mol. The Balaban J connectivity index is 0.00000169. The first-order valence-corrected chi connectivity index (χ1v) is 3.67. The van der Waals surface area contributed by atoms with Crippen molar-refractivity contribution in [3.05, 3.63) is 30.1 Å². The van der Waals surface area contributed by atoms with Crippen molar-refractivity contribution in [3.8, 4) is 0 Å². The first kappa shape index (κ1) is 12.4. The van der Waals surface area contributed by atoms with E-state index < -0.39 is 5.91 Å². The number of nitrogens with two attached hydrogens (primary N) is 1. The number of halogens is 1. The molecule has 5 nitrogen and oxygen atoms in total. The summed E-state index contributed by atoms with van der Waals surface area (Å²) in [6.07, 6.45) is 4.64. The average Bonchev–Trinajstić information content (AvgIpc) is 2.04. The number of carbonyl (C=O) groups is 1. The molecule has 0 saturated heterocycles. The summed E-state index contributed by atoms with van der Waals surface area (Å²) in [6.45, 7) is 0.118. The van der Waals surface area contributed by atoms with Gasteiger partial charge in [0.15, 0.2) is 12.4 Å². The minimum atomic E-state index is -0.414. The maximum absolute atomic E-state index is 10.6. The van der Waals surface area contributed by atoms with E-state index in [1.165, 1.54) is 6.21 Å². The van der Waals surface area contributed by atoms with E-state index in [1.807, 2.05) is 0 Å². The Bertz CT molecular complexity index is 341. The van der Waals surface area contributed by atoms with Crippen molar-refractivity contribution in [1.29, 1.82) is 0 Å². The molecule has 3 N–H and O–H groups in total. The van der Waals surface area contributed by atoms with Crippen LogP contribution in [0.2, 0.25) is 0 Å². The first-order valence-electron chi connectivity index (χ1n) is 3.67. The van der Waals surface area contributed by atoms with E-state index in [2.05, 4.69) is 5.16 Å². The van der Waals surface area contributed by atoms with Crippen molar-refractivity contribution >= 4 is 12.1 Å². The Morgan fingerprint density at radius 1 is 1.71 bits per heavy atom. The highest BCUT2D eigenvalue weighted by Crippen LogP contribution is 1.88. The monoisotopic (exact) mass is 215 g/mol. The molecule has 6 heteroatoms. The van der Waals surface area contributed by atoms with Crippen LogP contribution in [0.5, 0.6) is 0 Å². The highest BCUT2D eigenvalue weighted by Gasteiger charge is 2.04. The van der Waals surface area contributed by atoms with E-state index in [9.17, 15) is 4.79 Å². The highest BCUT2D eigenvalue weighted by molar-refractivity contribution is 5.78. The molecule has 0 aliphatic carbocycles. The Labute approximate surface area is 87.3 Å². The van der Waals surface area contributed by atoms with Gasteiger partial charge in [-0.1, -0.05) is 5.16 Å². The number of amides is 1. The molecule has 76 valence electrons. The van der Waals surface area contributed by atoms with Gasteiger partial charge in [-0.2, -0.15) is 4.57 Å². The number of hydrogen-bond acceptors (Lipinski definition) is 3. The van der Waals surface area contributed by atoms with Gasteiger partial charge in [-0.25, -0.2) is 0 Å². The van der Waals surface area contributed by atoms with Crippen molar-refractivity contribution in [3.63, 3.8) is 0 Å². The average molecular weight is 216 g/mol. The molecule has 1 aromatic heterocycles. The molecular formula is C8H10ClN3O2. The summed E-state index contributed by atoms with van der Waals surface area (Å²) in [5.74, 6) is -0.414. The summed E-state index contributed by atoms with van der Waals surface area (Å²) >= 11 is 0. The zero-order valence-corrected chi connectivity index (χ0v) is 8.05. The lowest BCUT2D eigenvalue weighted by Gasteiger charge is -1.93. The molecular weight excluding hydrogens is 206 g/mol. The minimum Gasteiger partial charge on any atom is -1.00 e. The van der Waals surface area contributed by atoms with Gasteiger partial charge in [-0.15, -0.1) is 0 Å².